The number of likely N-dealkylation sites (tertiary alicyclic amines) is 1. The molecule has 0 N–H and O–H groups in total. The minimum absolute atomic E-state index is 0.726. The minimum atomic E-state index is 0.726. The molecule has 1 atom stereocenters. The Kier molecular flexibility index (Phi) is 4.46. The summed E-state index contributed by atoms with van der Waals surface area (Å²) in [5.41, 5.74) is 3.41. The van der Waals surface area contributed by atoms with Crippen molar-refractivity contribution in [3.8, 4) is 0 Å². The number of pyridine rings is 1. The highest BCUT2D eigenvalue weighted by molar-refractivity contribution is 7.99. The van der Waals surface area contributed by atoms with E-state index in [1.807, 2.05) is 11.8 Å². The van der Waals surface area contributed by atoms with E-state index in [0.717, 1.165) is 22.6 Å². The van der Waals surface area contributed by atoms with Gasteiger partial charge in [-0.05, 0) is 57.5 Å². The molecule has 3 aromatic rings. The number of aromatic nitrogens is 3. The lowest BCUT2D eigenvalue weighted by Gasteiger charge is -2.32. The lowest BCUT2D eigenvalue weighted by Crippen LogP contribution is -2.36. The summed E-state index contributed by atoms with van der Waals surface area (Å²) < 4.78 is 2.21. The molecule has 2 aromatic heterocycles. The van der Waals surface area contributed by atoms with E-state index in [1.165, 1.54) is 48.7 Å². The number of nitrogens with zero attached hydrogens (tertiary/aromatic N) is 4. The zero-order valence-electron chi connectivity index (χ0n) is 14.4. The molecule has 24 heavy (non-hydrogen) atoms. The molecule has 1 aromatic carbocycles. The molecule has 0 amide bonds. The van der Waals surface area contributed by atoms with Crippen LogP contribution in [0.3, 0.4) is 0 Å². The first-order valence-electron chi connectivity index (χ1n) is 8.80. The first-order valence-corrected chi connectivity index (χ1v) is 9.79. The van der Waals surface area contributed by atoms with Crippen LogP contribution in [0.15, 0.2) is 35.5 Å². The highest BCUT2D eigenvalue weighted by Gasteiger charge is 2.19. The maximum absolute atomic E-state index is 4.45. The Hall–Kier alpha value is -1.59. The summed E-state index contributed by atoms with van der Waals surface area (Å²) in [5, 5.41) is 11.1. The van der Waals surface area contributed by atoms with E-state index in [9.17, 15) is 0 Å². The average molecular weight is 340 g/mol. The maximum Gasteiger partial charge on any atom is 0.196 e. The Morgan fingerprint density at radius 2 is 2.08 bits per heavy atom. The average Bonchev–Trinajstić information content (AvgIpc) is 3.00. The van der Waals surface area contributed by atoms with Crippen LogP contribution in [-0.4, -0.2) is 44.9 Å². The van der Waals surface area contributed by atoms with Crippen molar-refractivity contribution in [2.45, 2.75) is 43.8 Å². The van der Waals surface area contributed by atoms with E-state index in [1.54, 1.807) is 0 Å². The second-order valence-corrected chi connectivity index (χ2v) is 7.85. The molecule has 0 spiro atoms. The Balaban J connectivity index is 1.57. The van der Waals surface area contributed by atoms with Crippen LogP contribution in [0.5, 0.6) is 0 Å². The van der Waals surface area contributed by atoms with Gasteiger partial charge in [0.25, 0.3) is 0 Å². The van der Waals surface area contributed by atoms with Crippen molar-refractivity contribution in [3.05, 3.63) is 35.9 Å². The van der Waals surface area contributed by atoms with Crippen LogP contribution < -0.4 is 0 Å². The van der Waals surface area contributed by atoms with Gasteiger partial charge in [0.1, 0.15) is 0 Å². The molecule has 0 radical (unpaired) electrons. The van der Waals surface area contributed by atoms with Crippen molar-refractivity contribution >= 4 is 28.3 Å². The van der Waals surface area contributed by atoms with Gasteiger partial charge in [-0.25, -0.2) is 0 Å². The fourth-order valence-corrected chi connectivity index (χ4v) is 4.76. The molecule has 0 saturated carbocycles. The number of benzene rings is 1. The zero-order chi connectivity index (χ0) is 16.5. The van der Waals surface area contributed by atoms with Crippen molar-refractivity contribution in [1.29, 1.82) is 0 Å². The Bertz CT molecular complexity index is 857. The molecule has 1 saturated heterocycles. The molecule has 1 aliphatic heterocycles. The highest BCUT2D eigenvalue weighted by atomic mass is 32.2. The number of hydrogen-bond donors (Lipinski definition) is 0. The second kappa shape index (κ2) is 6.73. The summed E-state index contributed by atoms with van der Waals surface area (Å²) >= 11 is 1.84. The van der Waals surface area contributed by atoms with Gasteiger partial charge >= 0.3 is 0 Å². The Labute approximate surface area is 147 Å². The van der Waals surface area contributed by atoms with Gasteiger partial charge in [-0.15, -0.1) is 10.2 Å². The topological polar surface area (TPSA) is 33.4 Å². The van der Waals surface area contributed by atoms with E-state index >= 15 is 0 Å². The predicted molar refractivity (Wildman–Crippen MR) is 101 cm³/mol. The van der Waals surface area contributed by atoms with E-state index < -0.39 is 0 Å². The summed E-state index contributed by atoms with van der Waals surface area (Å²) in [5.74, 6) is 1.10. The quantitative estimate of drug-likeness (QED) is 0.668. The summed E-state index contributed by atoms with van der Waals surface area (Å²) in [4.78, 5) is 2.52. The molecule has 0 bridgehead atoms. The van der Waals surface area contributed by atoms with Crippen LogP contribution in [0.1, 0.15) is 31.2 Å². The third-order valence-corrected chi connectivity index (χ3v) is 6.14. The summed E-state index contributed by atoms with van der Waals surface area (Å²) in [6, 6.07) is 11.4. The summed E-state index contributed by atoms with van der Waals surface area (Å²) in [7, 11) is 2.26. The van der Waals surface area contributed by atoms with Crippen LogP contribution in [0.2, 0.25) is 0 Å². The standard InChI is InChI=1S/C19H24N4S/c1-14-13-18-20-21-19(23(18)17-9-4-3-8-16(14)17)24-12-10-15-7-5-6-11-22(15)2/h3-4,8-9,13,15H,5-7,10-12H2,1-2H3/t15-/m0/s1. The predicted octanol–water partition coefficient (Wildman–Crippen LogP) is 4.16. The summed E-state index contributed by atoms with van der Waals surface area (Å²) in [6.07, 6.45) is 5.28. The van der Waals surface area contributed by atoms with Crippen molar-refractivity contribution in [1.82, 2.24) is 19.5 Å². The van der Waals surface area contributed by atoms with Gasteiger partial charge in [0.05, 0.1) is 5.52 Å². The number of hydrogen-bond acceptors (Lipinski definition) is 4. The van der Waals surface area contributed by atoms with E-state index in [-0.39, 0.29) is 0 Å². The molecule has 3 heterocycles. The van der Waals surface area contributed by atoms with Crippen LogP contribution in [0.25, 0.3) is 16.6 Å². The van der Waals surface area contributed by atoms with Gasteiger partial charge in [-0.3, -0.25) is 4.40 Å². The van der Waals surface area contributed by atoms with Gasteiger partial charge in [-0.1, -0.05) is 36.4 Å². The molecule has 1 aliphatic rings. The highest BCUT2D eigenvalue weighted by Crippen LogP contribution is 2.27. The number of para-hydroxylation sites is 1. The molecule has 4 nitrogen and oxygen atoms in total. The van der Waals surface area contributed by atoms with Crippen molar-refractivity contribution in [3.63, 3.8) is 0 Å². The van der Waals surface area contributed by atoms with Crippen LogP contribution in [-0.2, 0) is 0 Å². The molecule has 1 fully saturated rings. The monoisotopic (exact) mass is 340 g/mol. The fourth-order valence-electron chi connectivity index (χ4n) is 3.76. The van der Waals surface area contributed by atoms with Crippen molar-refractivity contribution < 1.29 is 0 Å². The third-order valence-electron chi connectivity index (χ3n) is 5.18. The van der Waals surface area contributed by atoms with Gasteiger partial charge in [0.15, 0.2) is 10.8 Å². The van der Waals surface area contributed by atoms with Crippen LogP contribution >= 0.6 is 11.8 Å². The Morgan fingerprint density at radius 1 is 1.21 bits per heavy atom. The summed E-state index contributed by atoms with van der Waals surface area (Å²) in [6.45, 7) is 3.38. The molecular weight excluding hydrogens is 316 g/mol. The molecule has 126 valence electrons. The number of piperidine rings is 1. The van der Waals surface area contributed by atoms with Crippen molar-refractivity contribution in [2.75, 3.05) is 19.3 Å². The minimum Gasteiger partial charge on any atom is -0.303 e. The lowest BCUT2D eigenvalue weighted by molar-refractivity contribution is 0.182. The molecule has 4 rings (SSSR count). The smallest absolute Gasteiger partial charge is 0.196 e. The molecule has 5 heteroatoms. The number of aryl methyl sites for hydroxylation is 1. The van der Waals surface area contributed by atoms with E-state index in [0.29, 0.717) is 0 Å². The maximum atomic E-state index is 4.45. The molecule has 0 aliphatic carbocycles. The van der Waals surface area contributed by atoms with Crippen molar-refractivity contribution in [2.24, 2.45) is 0 Å². The largest absolute Gasteiger partial charge is 0.303 e. The van der Waals surface area contributed by atoms with Gasteiger partial charge < -0.3 is 4.90 Å². The van der Waals surface area contributed by atoms with Gasteiger partial charge in [0, 0.05) is 17.2 Å². The van der Waals surface area contributed by atoms with E-state index in [4.69, 9.17) is 0 Å². The lowest BCUT2D eigenvalue weighted by atomic mass is 10.0. The van der Waals surface area contributed by atoms with Gasteiger partial charge in [0.2, 0.25) is 0 Å². The fraction of sp³-hybridized carbons (Fsp3) is 0.474. The number of rotatable bonds is 4. The number of fused-ring (bicyclic) bond motifs is 3. The van der Waals surface area contributed by atoms with Crippen LogP contribution in [0, 0.1) is 6.92 Å². The SMILES string of the molecule is Cc1cc2nnc(SCC[C@@H]3CCCCN3C)n2c2ccccc12. The number of thioether (sulfide) groups is 1. The van der Waals surface area contributed by atoms with Crippen LogP contribution in [0.4, 0.5) is 0 Å². The van der Waals surface area contributed by atoms with Gasteiger partial charge in [-0.2, -0.15) is 0 Å². The zero-order valence-corrected chi connectivity index (χ0v) is 15.2. The first-order chi connectivity index (χ1) is 11.7. The molecular formula is C19H24N4S. The second-order valence-electron chi connectivity index (χ2n) is 6.79. The third kappa shape index (κ3) is 2.91. The first kappa shape index (κ1) is 15.9. The Morgan fingerprint density at radius 3 is 2.96 bits per heavy atom. The molecule has 0 unspecified atom stereocenters. The van der Waals surface area contributed by atoms with E-state index in [2.05, 4.69) is 63.8 Å². The normalized spacial score (nSPS) is 19.3.